The van der Waals surface area contributed by atoms with E-state index in [4.69, 9.17) is 5.11 Å². The van der Waals surface area contributed by atoms with Crippen molar-refractivity contribution in [2.75, 3.05) is 0 Å². The molecule has 0 saturated carbocycles. The highest BCUT2D eigenvalue weighted by Gasteiger charge is 2.19. The fourth-order valence-corrected chi connectivity index (χ4v) is 1.62. The maximum Gasteiger partial charge on any atom is 0.249 e. The number of aliphatic hydroxyl groups is 1. The van der Waals surface area contributed by atoms with Gasteiger partial charge in [-0.1, -0.05) is 12.1 Å². The molecule has 0 heterocycles. The number of aliphatic hydroxyl groups excluding tert-OH is 1. The van der Waals surface area contributed by atoms with Crippen molar-refractivity contribution in [1.82, 2.24) is 5.32 Å². The Morgan fingerprint density at radius 2 is 2.05 bits per heavy atom. The van der Waals surface area contributed by atoms with Gasteiger partial charge in [-0.25, -0.2) is 0 Å². The van der Waals surface area contributed by atoms with E-state index in [1.165, 1.54) is 24.3 Å². The Bertz CT molecular complexity index is 500. The first-order valence-electron chi connectivity index (χ1n) is 6.03. The van der Waals surface area contributed by atoms with Gasteiger partial charge in [0.15, 0.2) is 11.5 Å². The molecule has 1 aromatic carbocycles. The molecule has 0 fully saturated rings. The van der Waals surface area contributed by atoms with Gasteiger partial charge in [0.1, 0.15) is 12.4 Å². The van der Waals surface area contributed by atoms with Gasteiger partial charge < -0.3 is 25.4 Å². The molecule has 20 heavy (non-hydrogen) atoms. The van der Waals surface area contributed by atoms with E-state index in [9.17, 15) is 19.8 Å². The number of hydrogen-bond acceptors (Lipinski definition) is 5. The van der Waals surface area contributed by atoms with Gasteiger partial charge in [0.2, 0.25) is 5.91 Å². The highest BCUT2D eigenvalue weighted by Crippen LogP contribution is 2.25. The first-order valence-corrected chi connectivity index (χ1v) is 6.03. The summed E-state index contributed by atoms with van der Waals surface area (Å²) in [5, 5.41) is 30.6. The zero-order chi connectivity index (χ0) is 15.1. The maximum atomic E-state index is 11.7. The normalized spacial score (nSPS) is 13.2. The van der Waals surface area contributed by atoms with Crippen LogP contribution in [0.3, 0.4) is 0 Å². The predicted molar refractivity (Wildman–Crippen MR) is 72.3 cm³/mol. The summed E-state index contributed by atoms with van der Waals surface area (Å²) in [6.45, 7) is 3.46. The van der Waals surface area contributed by atoms with Gasteiger partial charge >= 0.3 is 0 Å². The number of carbonyl (C=O) groups is 2. The Hall–Kier alpha value is -2.34. The third-order valence-electron chi connectivity index (χ3n) is 2.68. The van der Waals surface area contributed by atoms with Crippen molar-refractivity contribution in [1.29, 1.82) is 0 Å². The van der Waals surface area contributed by atoms with Crippen LogP contribution in [0.4, 0.5) is 0 Å². The van der Waals surface area contributed by atoms with Crippen LogP contribution in [0.25, 0.3) is 0 Å². The molecule has 0 spiro atoms. The molecule has 1 amide bonds. The van der Waals surface area contributed by atoms with Gasteiger partial charge in [0.05, 0.1) is 6.04 Å². The Kier molecular flexibility index (Phi) is 5.74. The SMILES string of the molecule is C=CCC(C=O)NC(=O)C(O)Cc1ccc(O)c(O)c1. The van der Waals surface area contributed by atoms with Gasteiger partial charge in [-0.15, -0.1) is 6.58 Å². The summed E-state index contributed by atoms with van der Waals surface area (Å²) in [4.78, 5) is 22.4. The Morgan fingerprint density at radius 3 is 2.60 bits per heavy atom. The minimum atomic E-state index is -1.36. The predicted octanol–water partition coefficient (Wildman–Crippen LogP) is 0.261. The topological polar surface area (TPSA) is 107 Å². The molecule has 6 heteroatoms. The monoisotopic (exact) mass is 279 g/mol. The van der Waals surface area contributed by atoms with Gasteiger partial charge in [-0.3, -0.25) is 4.79 Å². The lowest BCUT2D eigenvalue weighted by molar-refractivity contribution is -0.131. The molecule has 108 valence electrons. The Balaban J connectivity index is 2.62. The van der Waals surface area contributed by atoms with E-state index in [0.29, 0.717) is 11.8 Å². The first-order chi connectivity index (χ1) is 9.47. The lowest BCUT2D eigenvalue weighted by Gasteiger charge is -2.15. The second-order valence-electron chi connectivity index (χ2n) is 4.32. The summed E-state index contributed by atoms with van der Waals surface area (Å²) < 4.78 is 0. The molecule has 0 saturated heterocycles. The zero-order valence-corrected chi connectivity index (χ0v) is 10.8. The number of benzene rings is 1. The van der Waals surface area contributed by atoms with Crippen molar-refractivity contribution in [2.45, 2.75) is 25.0 Å². The largest absolute Gasteiger partial charge is 0.504 e. The van der Waals surface area contributed by atoms with E-state index in [1.807, 2.05) is 0 Å². The summed E-state index contributed by atoms with van der Waals surface area (Å²) in [6.07, 6.45) is 0.940. The molecule has 1 aromatic rings. The number of aromatic hydroxyl groups is 2. The standard InChI is InChI=1S/C14H17NO5/c1-2-3-10(8-16)15-14(20)13(19)7-9-4-5-11(17)12(18)6-9/h2,4-6,8,10,13,17-19H,1,3,7H2,(H,15,20). The number of phenols is 2. The van der Waals surface area contributed by atoms with Crippen molar-refractivity contribution in [2.24, 2.45) is 0 Å². The number of phenolic OH excluding ortho intramolecular Hbond substituents is 2. The number of nitrogens with one attached hydrogen (secondary N) is 1. The van der Waals surface area contributed by atoms with E-state index >= 15 is 0 Å². The van der Waals surface area contributed by atoms with Crippen LogP contribution in [0.2, 0.25) is 0 Å². The third-order valence-corrected chi connectivity index (χ3v) is 2.68. The van der Waals surface area contributed by atoms with Crippen molar-refractivity contribution in [3.8, 4) is 11.5 Å². The van der Waals surface area contributed by atoms with E-state index in [0.717, 1.165) is 0 Å². The Labute approximate surface area is 116 Å². The molecule has 2 unspecified atom stereocenters. The molecule has 6 nitrogen and oxygen atoms in total. The van der Waals surface area contributed by atoms with Crippen LogP contribution in [0.5, 0.6) is 11.5 Å². The van der Waals surface area contributed by atoms with E-state index in [2.05, 4.69) is 11.9 Å². The molecule has 2 atom stereocenters. The molecule has 0 aliphatic heterocycles. The van der Waals surface area contributed by atoms with Crippen molar-refractivity contribution in [3.63, 3.8) is 0 Å². The quantitative estimate of drug-likeness (QED) is 0.325. The molecule has 0 aliphatic rings. The van der Waals surface area contributed by atoms with Crippen LogP contribution in [0, 0.1) is 0 Å². The smallest absolute Gasteiger partial charge is 0.249 e. The molecule has 0 aromatic heterocycles. The van der Waals surface area contributed by atoms with E-state index < -0.39 is 18.1 Å². The summed E-state index contributed by atoms with van der Waals surface area (Å²) in [5.74, 6) is -1.29. The molecular weight excluding hydrogens is 262 g/mol. The molecule has 4 N–H and O–H groups in total. The Morgan fingerprint density at radius 1 is 1.35 bits per heavy atom. The summed E-state index contributed by atoms with van der Waals surface area (Å²) in [6, 6.07) is 3.28. The second-order valence-corrected chi connectivity index (χ2v) is 4.32. The van der Waals surface area contributed by atoms with Crippen LogP contribution in [-0.2, 0) is 16.0 Å². The van der Waals surface area contributed by atoms with Gasteiger partial charge in [0, 0.05) is 6.42 Å². The van der Waals surface area contributed by atoms with Crippen LogP contribution >= 0.6 is 0 Å². The summed E-state index contributed by atoms with van der Waals surface area (Å²) in [7, 11) is 0. The summed E-state index contributed by atoms with van der Waals surface area (Å²) in [5.41, 5.74) is 0.481. The zero-order valence-electron chi connectivity index (χ0n) is 10.8. The third kappa shape index (κ3) is 4.40. The fourth-order valence-electron chi connectivity index (χ4n) is 1.62. The number of rotatable bonds is 7. The highest BCUT2D eigenvalue weighted by molar-refractivity contribution is 5.83. The lowest BCUT2D eigenvalue weighted by atomic mass is 10.1. The van der Waals surface area contributed by atoms with Gasteiger partial charge in [-0.05, 0) is 24.1 Å². The second kappa shape index (κ2) is 7.30. The van der Waals surface area contributed by atoms with E-state index in [-0.39, 0.29) is 24.3 Å². The van der Waals surface area contributed by atoms with Crippen LogP contribution < -0.4 is 5.32 Å². The van der Waals surface area contributed by atoms with Crippen molar-refractivity contribution in [3.05, 3.63) is 36.4 Å². The minimum absolute atomic E-state index is 0.0423. The van der Waals surface area contributed by atoms with Crippen LogP contribution in [0.1, 0.15) is 12.0 Å². The average Bonchev–Trinajstić information content (AvgIpc) is 2.42. The first kappa shape index (κ1) is 15.7. The summed E-state index contributed by atoms with van der Waals surface area (Å²) >= 11 is 0. The average molecular weight is 279 g/mol. The lowest BCUT2D eigenvalue weighted by Crippen LogP contribution is -2.42. The van der Waals surface area contributed by atoms with Crippen molar-refractivity contribution < 1.29 is 24.9 Å². The number of carbonyl (C=O) groups excluding carboxylic acids is 2. The number of aldehydes is 1. The maximum absolute atomic E-state index is 11.7. The van der Waals surface area contributed by atoms with Crippen LogP contribution in [-0.4, -0.2) is 39.7 Å². The van der Waals surface area contributed by atoms with Crippen molar-refractivity contribution >= 4 is 12.2 Å². The van der Waals surface area contributed by atoms with Gasteiger partial charge in [-0.2, -0.15) is 0 Å². The highest BCUT2D eigenvalue weighted by atomic mass is 16.3. The molecule has 1 rings (SSSR count). The van der Waals surface area contributed by atoms with E-state index in [1.54, 1.807) is 0 Å². The number of hydrogen-bond donors (Lipinski definition) is 4. The molecule has 0 bridgehead atoms. The number of amides is 1. The molecular formula is C14H17NO5. The minimum Gasteiger partial charge on any atom is -0.504 e. The molecule has 0 radical (unpaired) electrons. The molecule has 0 aliphatic carbocycles. The van der Waals surface area contributed by atoms with Gasteiger partial charge in [0.25, 0.3) is 0 Å². The van der Waals surface area contributed by atoms with Crippen LogP contribution in [0.15, 0.2) is 30.9 Å². The fraction of sp³-hybridized carbons (Fsp3) is 0.286.